The molecule has 0 atom stereocenters. The van der Waals surface area contributed by atoms with Crippen molar-refractivity contribution in [2.24, 2.45) is 0 Å². The summed E-state index contributed by atoms with van der Waals surface area (Å²) in [5.74, 6) is 1.21. The maximum absolute atomic E-state index is 12.9. The SMILES string of the molecule is Cc1nonc1CSc1nc2ccccc2c(=O)n1Cc1ccco1. The quantitative estimate of drug-likeness (QED) is 0.402. The number of nitrogens with zero attached hydrogens (tertiary/aromatic N) is 4. The Hall–Kier alpha value is -2.87. The number of para-hydroxylation sites is 1. The third-order valence-electron chi connectivity index (χ3n) is 3.81. The molecule has 25 heavy (non-hydrogen) atoms. The highest BCUT2D eigenvalue weighted by molar-refractivity contribution is 7.98. The highest BCUT2D eigenvalue weighted by atomic mass is 32.2. The molecule has 0 fully saturated rings. The normalized spacial score (nSPS) is 11.2. The number of aryl methyl sites for hydroxylation is 1. The molecule has 0 aliphatic rings. The molecule has 0 spiro atoms. The van der Waals surface area contributed by atoms with E-state index in [4.69, 9.17) is 9.05 Å². The second-order valence-electron chi connectivity index (χ2n) is 5.47. The zero-order valence-electron chi connectivity index (χ0n) is 13.4. The van der Waals surface area contributed by atoms with Gasteiger partial charge in [0.15, 0.2) is 5.16 Å². The van der Waals surface area contributed by atoms with Crippen LogP contribution in [0.1, 0.15) is 17.1 Å². The van der Waals surface area contributed by atoms with Gasteiger partial charge in [0.05, 0.1) is 23.7 Å². The van der Waals surface area contributed by atoms with E-state index in [0.29, 0.717) is 34.1 Å². The monoisotopic (exact) mass is 354 g/mol. The van der Waals surface area contributed by atoms with Gasteiger partial charge in [0.2, 0.25) is 0 Å². The Bertz CT molecular complexity index is 1070. The lowest BCUT2D eigenvalue weighted by Gasteiger charge is -2.11. The molecule has 0 aliphatic heterocycles. The number of fused-ring (bicyclic) bond motifs is 1. The predicted molar refractivity (Wildman–Crippen MR) is 92.4 cm³/mol. The van der Waals surface area contributed by atoms with Crippen molar-refractivity contribution in [3.05, 3.63) is 70.2 Å². The van der Waals surface area contributed by atoms with Crippen molar-refractivity contribution in [3.63, 3.8) is 0 Å². The van der Waals surface area contributed by atoms with Gasteiger partial charge < -0.3 is 4.42 Å². The summed E-state index contributed by atoms with van der Waals surface area (Å²) in [6, 6.07) is 10.9. The first kappa shape index (κ1) is 15.6. The van der Waals surface area contributed by atoms with Gasteiger partial charge in [0.1, 0.15) is 17.1 Å². The largest absolute Gasteiger partial charge is 0.467 e. The molecule has 3 heterocycles. The average molecular weight is 354 g/mol. The fraction of sp³-hybridized carbons (Fsp3) is 0.176. The van der Waals surface area contributed by atoms with E-state index in [-0.39, 0.29) is 5.56 Å². The summed E-state index contributed by atoms with van der Waals surface area (Å²) in [5, 5.41) is 8.84. The van der Waals surface area contributed by atoms with Crippen molar-refractivity contribution >= 4 is 22.7 Å². The zero-order chi connectivity index (χ0) is 17.2. The third kappa shape index (κ3) is 3.08. The molecule has 126 valence electrons. The van der Waals surface area contributed by atoms with Crippen molar-refractivity contribution in [2.45, 2.75) is 24.4 Å². The minimum absolute atomic E-state index is 0.0977. The van der Waals surface area contributed by atoms with Crippen LogP contribution in [0.3, 0.4) is 0 Å². The lowest BCUT2D eigenvalue weighted by Crippen LogP contribution is -2.23. The molecule has 8 heteroatoms. The number of rotatable bonds is 5. The zero-order valence-corrected chi connectivity index (χ0v) is 14.2. The van der Waals surface area contributed by atoms with E-state index in [1.807, 2.05) is 31.2 Å². The summed E-state index contributed by atoms with van der Waals surface area (Å²) >= 11 is 1.42. The maximum atomic E-state index is 12.9. The highest BCUT2D eigenvalue weighted by Gasteiger charge is 2.14. The lowest BCUT2D eigenvalue weighted by atomic mass is 10.2. The molecule has 0 bridgehead atoms. The topological polar surface area (TPSA) is 87.0 Å². The molecule has 0 unspecified atom stereocenters. The highest BCUT2D eigenvalue weighted by Crippen LogP contribution is 2.23. The Morgan fingerprint density at radius 2 is 2.04 bits per heavy atom. The maximum Gasteiger partial charge on any atom is 0.262 e. The number of hydrogen-bond acceptors (Lipinski definition) is 7. The first-order valence-electron chi connectivity index (χ1n) is 7.65. The van der Waals surface area contributed by atoms with Crippen LogP contribution in [-0.4, -0.2) is 19.9 Å². The molecule has 0 radical (unpaired) electrons. The molecule has 0 saturated carbocycles. The van der Waals surface area contributed by atoms with Crippen LogP contribution >= 0.6 is 11.8 Å². The molecular weight excluding hydrogens is 340 g/mol. The standard InChI is InChI=1S/C17H14N4O3S/c1-11-15(20-24-19-11)10-25-17-18-14-7-3-2-6-13(14)16(22)21(17)9-12-5-4-8-23-12/h2-8H,9-10H2,1H3. The smallest absolute Gasteiger partial charge is 0.262 e. The van der Waals surface area contributed by atoms with E-state index in [1.54, 1.807) is 23.0 Å². The van der Waals surface area contributed by atoms with Crippen LogP contribution in [0.5, 0.6) is 0 Å². The van der Waals surface area contributed by atoms with Crippen LogP contribution in [0.15, 0.2) is 61.7 Å². The van der Waals surface area contributed by atoms with Gasteiger partial charge in [-0.05, 0) is 31.2 Å². The summed E-state index contributed by atoms with van der Waals surface area (Å²) in [4.78, 5) is 17.6. The van der Waals surface area contributed by atoms with Gasteiger partial charge in [-0.2, -0.15) is 0 Å². The van der Waals surface area contributed by atoms with Gasteiger partial charge >= 0.3 is 0 Å². The van der Waals surface area contributed by atoms with E-state index in [1.165, 1.54) is 11.8 Å². The van der Waals surface area contributed by atoms with Gasteiger partial charge in [-0.15, -0.1) is 0 Å². The van der Waals surface area contributed by atoms with Crippen molar-refractivity contribution in [1.29, 1.82) is 0 Å². The molecule has 0 amide bonds. The van der Waals surface area contributed by atoms with Gasteiger partial charge in [0.25, 0.3) is 5.56 Å². The van der Waals surface area contributed by atoms with Crippen molar-refractivity contribution in [2.75, 3.05) is 0 Å². The molecule has 7 nitrogen and oxygen atoms in total. The van der Waals surface area contributed by atoms with Crippen LogP contribution in [0.2, 0.25) is 0 Å². The number of benzene rings is 1. The van der Waals surface area contributed by atoms with E-state index >= 15 is 0 Å². The number of furan rings is 1. The van der Waals surface area contributed by atoms with Gasteiger partial charge in [0, 0.05) is 5.75 Å². The van der Waals surface area contributed by atoms with Crippen LogP contribution in [0.4, 0.5) is 0 Å². The molecule has 0 saturated heterocycles. The first-order chi connectivity index (χ1) is 12.2. The number of hydrogen-bond donors (Lipinski definition) is 0. The fourth-order valence-corrected chi connectivity index (χ4v) is 3.46. The Morgan fingerprint density at radius 1 is 1.16 bits per heavy atom. The van der Waals surface area contributed by atoms with Gasteiger partial charge in [-0.3, -0.25) is 9.36 Å². The van der Waals surface area contributed by atoms with Crippen LogP contribution in [0, 0.1) is 6.92 Å². The Labute approximate surface area is 146 Å². The van der Waals surface area contributed by atoms with Crippen LogP contribution in [0.25, 0.3) is 10.9 Å². The minimum Gasteiger partial charge on any atom is -0.467 e. The Balaban J connectivity index is 1.77. The summed E-state index contributed by atoms with van der Waals surface area (Å²) in [6.07, 6.45) is 1.59. The second-order valence-corrected chi connectivity index (χ2v) is 6.41. The van der Waals surface area contributed by atoms with E-state index < -0.39 is 0 Å². The minimum atomic E-state index is -0.0977. The molecule has 4 aromatic rings. The lowest BCUT2D eigenvalue weighted by molar-refractivity contribution is 0.302. The van der Waals surface area contributed by atoms with Crippen LogP contribution in [-0.2, 0) is 12.3 Å². The Morgan fingerprint density at radius 3 is 2.80 bits per heavy atom. The summed E-state index contributed by atoms with van der Waals surface area (Å²) < 4.78 is 11.7. The fourth-order valence-electron chi connectivity index (χ4n) is 2.47. The van der Waals surface area contributed by atoms with Crippen molar-refractivity contribution in [1.82, 2.24) is 19.9 Å². The van der Waals surface area contributed by atoms with Crippen LogP contribution < -0.4 is 5.56 Å². The van der Waals surface area contributed by atoms with Crippen molar-refractivity contribution < 1.29 is 9.05 Å². The van der Waals surface area contributed by atoms with E-state index in [0.717, 1.165) is 11.4 Å². The first-order valence-corrected chi connectivity index (χ1v) is 8.64. The molecule has 3 aromatic heterocycles. The average Bonchev–Trinajstić information content (AvgIpc) is 3.28. The summed E-state index contributed by atoms with van der Waals surface area (Å²) in [7, 11) is 0. The molecule has 0 N–H and O–H groups in total. The molecule has 1 aromatic carbocycles. The van der Waals surface area contributed by atoms with Crippen molar-refractivity contribution in [3.8, 4) is 0 Å². The van der Waals surface area contributed by atoms with E-state index in [2.05, 4.69) is 15.3 Å². The predicted octanol–water partition coefficient (Wildman–Crippen LogP) is 3.02. The number of thioether (sulfide) groups is 1. The van der Waals surface area contributed by atoms with Gasteiger partial charge in [-0.25, -0.2) is 9.61 Å². The van der Waals surface area contributed by atoms with E-state index in [9.17, 15) is 4.79 Å². The second kappa shape index (κ2) is 6.56. The molecular formula is C17H14N4O3S. The van der Waals surface area contributed by atoms with Gasteiger partial charge in [-0.1, -0.05) is 34.2 Å². The Kier molecular flexibility index (Phi) is 4.10. The molecule has 4 rings (SSSR count). The summed E-state index contributed by atoms with van der Waals surface area (Å²) in [5.41, 5.74) is 2.03. The third-order valence-corrected chi connectivity index (χ3v) is 4.79. The summed E-state index contributed by atoms with van der Waals surface area (Å²) in [6.45, 7) is 2.15. The number of aromatic nitrogens is 4. The molecule has 0 aliphatic carbocycles.